The van der Waals surface area contributed by atoms with Crippen LogP contribution in [0, 0.1) is 0 Å². The van der Waals surface area contributed by atoms with Crippen molar-refractivity contribution in [1.82, 2.24) is 29.3 Å². The number of rotatable bonds is 2. The van der Waals surface area contributed by atoms with Crippen molar-refractivity contribution >= 4 is 45.3 Å². The topological polar surface area (TPSA) is 104 Å². The van der Waals surface area contributed by atoms with Crippen LogP contribution in [0.5, 0.6) is 0 Å². The van der Waals surface area contributed by atoms with Crippen molar-refractivity contribution in [3.8, 4) is 11.1 Å². The van der Waals surface area contributed by atoms with Crippen molar-refractivity contribution in [2.75, 3.05) is 24.6 Å². The molecule has 30 heavy (non-hydrogen) atoms. The predicted octanol–water partition coefficient (Wildman–Crippen LogP) is 3.50. The SMILES string of the molecule is Cn1cc(-c2cnn3c(N)c(Br)c(C4CN(C(=O)OC(C)(C)C)CCS4)nc23)cn1. The van der Waals surface area contributed by atoms with E-state index in [1.165, 1.54) is 0 Å². The van der Waals surface area contributed by atoms with E-state index in [1.54, 1.807) is 38.3 Å². The first-order valence-corrected chi connectivity index (χ1v) is 11.4. The van der Waals surface area contributed by atoms with Crippen LogP contribution < -0.4 is 5.73 Å². The number of carbonyl (C=O) groups is 1. The Balaban J connectivity index is 1.69. The van der Waals surface area contributed by atoms with Crippen molar-refractivity contribution < 1.29 is 9.53 Å². The zero-order valence-electron chi connectivity index (χ0n) is 17.3. The summed E-state index contributed by atoms with van der Waals surface area (Å²) in [7, 11) is 1.86. The first-order valence-electron chi connectivity index (χ1n) is 9.55. The van der Waals surface area contributed by atoms with Crippen LogP contribution in [0.15, 0.2) is 23.1 Å². The van der Waals surface area contributed by atoms with Gasteiger partial charge < -0.3 is 15.4 Å². The number of amides is 1. The number of carbonyl (C=O) groups excluding carboxylic acids is 1. The van der Waals surface area contributed by atoms with Gasteiger partial charge in [0.25, 0.3) is 0 Å². The number of aromatic nitrogens is 5. The van der Waals surface area contributed by atoms with Crippen molar-refractivity contribution in [3.63, 3.8) is 0 Å². The average Bonchev–Trinajstić information content (AvgIpc) is 3.29. The van der Waals surface area contributed by atoms with Gasteiger partial charge in [-0.25, -0.2) is 9.78 Å². The van der Waals surface area contributed by atoms with Gasteiger partial charge >= 0.3 is 6.09 Å². The minimum absolute atomic E-state index is 0.0374. The van der Waals surface area contributed by atoms with E-state index in [-0.39, 0.29) is 11.3 Å². The Kier molecular flexibility index (Phi) is 5.43. The second kappa shape index (κ2) is 7.77. The third-order valence-corrected chi connectivity index (χ3v) is 6.69. The predicted molar refractivity (Wildman–Crippen MR) is 120 cm³/mol. The van der Waals surface area contributed by atoms with Gasteiger partial charge in [-0.1, -0.05) is 0 Å². The Hall–Kier alpha value is -2.27. The van der Waals surface area contributed by atoms with Crippen molar-refractivity contribution in [2.45, 2.75) is 31.6 Å². The van der Waals surface area contributed by atoms with Crippen molar-refractivity contribution in [2.24, 2.45) is 7.05 Å². The molecule has 3 aromatic heterocycles. The first kappa shape index (κ1) is 21.0. The van der Waals surface area contributed by atoms with Gasteiger partial charge in [0.15, 0.2) is 5.65 Å². The van der Waals surface area contributed by atoms with Crippen LogP contribution in [0.2, 0.25) is 0 Å². The number of aryl methyl sites for hydroxylation is 1. The number of nitrogens with two attached hydrogens (primary N) is 1. The standard InChI is InChI=1S/C19H24BrN7O2S/c1-19(2,3)29-18(28)26-5-6-30-13(10-26)15-14(20)16(21)27-17(24-15)12(8-23-27)11-7-22-25(4)9-11/h7-9,13H,5-6,10,21H2,1-4H3. The fourth-order valence-electron chi connectivity index (χ4n) is 3.30. The highest BCUT2D eigenvalue weighted by Gasteiger charge is 2.31. The zero-order valence-corrected chi connectivity index (χ0v) is 19.7. The second-order valence-electron chi connectivity index (χ2n) is 8.18. The Bertz CT molecular complexity index is 1100. The van der Waals surface area contributed by atoms with Gasteiger partial charge in [0.05, 0.1) is 27.8 Å². The summed E-state index contributed by atoms with van der Waals surface area (Å²) >= 11 is 5.35. The minimum atomic E-state index is -0.532. The molecule has 1 unspecified atom stereocenters. The van der Waals surface area contributed by atoms with Crippen LogP contribution in [0.3, 0.4) is 0 Å². The molecule has 0 aromatic carbocycles. The molecule has 1 fully saturated rings. The summed E-state index contributed by atoms with van der Waals surface area (Å²) < 4.78 is 9.60. The molecule has 2 N–H and O–H groups in total. The maximum absolute atomic E-state index is 12.6. The average molecular weight is 494 g/mol. The molecule has 0 bridgehead atoms. The van der Waals surface area contributed by atoms with E-state index in [0.717, 1.165) is 22.6 Å². The van der Waals surface area contributed by atoms with Crippen LogP contribution in [0.25, 0.3) is 16.8 Å². The third-order valence-electron chi connectivity index (χ3n) is 4.69. The lowest BCUT2D eigenvalue weighted by atomic mass is 10.2. The highest BCUT2D eigenvalue weighted by molar-refractivity contribution is 9.10. The van der Waals surface area contributed by atoms with E-state index in [1.807, 2.05) is 34.0 Å². The highest BCUT2D eigenvalue weighted by atomic mass is 79.9. The fourth-order valence-corrected chi connectivity index (χ4v) is 5.21. The number of nitrogen functional groups attached to an aromatic ring is 1. The third kappa shape index (κ3) is 4.00. The molecule has 1 aliphatic heterocycles. The number of hydrogen-bond acceptors (Lipinski definition) is 7. The fraction of sp³-hybridized carbons (Fsp3) is 0.474. The van der Waals surface area contributed by atoms with E-state index in [0.29, 0.717) is 29.0 Å². The molecule has 4 rings (SSSR count). The maximum Gasteiger partial charge on any atom is 0.410 e. The van der Waals surface area contributed by atoms with E-state index in [4.69, 9.17) is 15.5 Å². The van der Waals surface area contributed by atoms with Gasteiger partial charge in [0.1, 0.15) is 11.4 Å². The molecular weight excluding hydrogens is 470 g/mol. The van der Waals surface area contributed by atoms with Crippen LogP contribution in [-0.2, 0) is 11.8 Å². The summed E-state index contributed by atoms with van der Waals surface area (Å²) in [5.41, 5.74) is 9.07. The van der Waals surface area contributed by atoms with E-state index in [2.05, 4.69) is 26.1 Å². The molecule has 0 radical (unpaired) electrons. The van der Waals surface area contributed by atoms with Crippen molar-refractivity contribution in [3.05, 3.63) is 28.8 Å². The lowest BCUT2D eigenvalue weighted by Crippen LogP contribution is -2.42. The van der Waals surface area contributed by atoms with Gasteiger partial charge in [-0.15, -0.1) is 11.8 Å². The van der Waals surface area contributed by atoms with Crippen LogP contribution in [-0.4, -0.2) is 59.8 Å². The first-order chi connectivity index (χ1) is 14.1. The number of fused-ring (bicyclic) bond motifs is 1. The number of nitrogens with zero attached hydrogens (tertiary/aromatic N) is 6. The molecule has 1 aliphatic rings. The Morgan fingerprint density at radius 2 is 2.10 bits per heavy atom. The zero-order chi connectivity index (χ0) is 21.6. The highest BCUT2D eigenvalue weighted by Crippen LogP contribution is 2.39. The molecule has 160 valence electrons. The molecule has 4 heterocycles. The maximum atomic E-state index is 12.6. The molecule has 0 aliphatic carbocycles. The molecule has 9 nitrogen and oxygen atoms in total. The van der Waals surface area contributed by atoms with Gasteiger partial charge in [-0.05, 0) is 36.7 Å². The largest absolute Gasteiger partial charge is 0.444 e. The van der Waals surface area contributed by atoms with Crippen LogP contribution >= 0.6 is 27.7 Å². The molecular formula is C19H24BrN7O2S. The number of hydrogen-bond donors (Lipinski definition) is 1. The van der Waals surface area contributed by atoms with Crippen LogP contribution in [0.1, 0.15) is 31.7 Å². The molecule has 3 aromatic rings. The van der Waals surface area contributed by atoms with Gasteiger partial charge in [0.2, 0.25) is 0 Å². The van der Waals surface area contributed by atoms with Gasteiger partial charge in [-0.2, -0.15) is 14.7 Å². The summed E-state index contributed by atoms with van der Waals surface area (Å²) in [4.78, 5) is 19.2. The Labute approximate surface area is 187 Å². The van der Waals surface area contributed by atoms with E-state index >= 15 is 0 Å². The normalized spacial score (nSPS) is 17.5. The summed E-state index contributed by atoms with van der Waals surface area (Å²) in [5, 5.41) is 8.61. The number of thioether (sulfide) groups is 1. The summed E-state index contributed by atoms with van der Waals surface area (Å²) in [5.74, 6) is 1.26. The lowest BCUT2D eigenvalue weighted by molar-refractivity contribution is 0.0256. The van der Waals surface area contributed by atoms with Gasteiger partial charge in [-0.3, -0.25) is 4.68 Å². The van der Waals surface area contributed by atoms with Crippen molar-refractivity contribution in [1.29, 1.82) is 0 Å². The number of halogens is 1. The molecule has 1 atom stereocenters. The van der Waals surface area contributed by atoms with E-state index in [9.17, 15) is 4.79 Å². The summed E-state index contributed by atoms with van der Waals surface area (Å²) in [6.45, 7) is 6.74. The minimum Gasteiger partial charge on any atom is -0.444 e. The number of anilines is 1. The van der Waals surface area contributed by atoms with Gasteiger partial charge in [0, 0.05) is 43.2 Å². The summed E-state index contributed by atoms with van der Waals surface area (Å²) in [6.07, 6.45) is 5.12. The molecule has 1 saturated heterocycles. The Morgan fingerprint density at radius 3 is 2.77 bits per heavy atom. The quantitative estimate of drug-likeness (QED) is 0.582. The number of ether oxygens (including phenoxy) is 1. The lowest BCUT2D eigenvalue weighted by Gasteiger charge is -2.34. The second-order valence-corrected chi connectivity index (χ2v) is 10.3. The molecule has 0 saturated carbocycles. The molecule has 11 heteroatoms. The smallest absolute Gasteiger partial charge is 0.410 e. The molecule has 1 amide bonds. The molecule has 0 spiro atoms. The Morgan fingerprint density at radius 1 is 1.33 bits per heavy atom. The van der Waals surface area contributed by atoms with Crippen LogP contribution in [0.4, 0.5) is 10.6 Å². The summed E-state index contributed by atoms with van der Waals surface area (Å²) in [6, 6.07) is 0. The van der Waals surface area contributed by atoms with E-state index < -0.39 is 5.60 Å². The monoisotopic (exact) mass is 493 g/mol.